The molecule has 21 heavy (non-hydrogen) atoms. The zero-order valence-corrected chi connectivity index (χ0v) is 14.7. The van der Waals surface area contributed by atoms with E-state index in [1.54, 1.807) is 4.68 Å². The maximum Gasteiger partial charge on any atom is 0.0833 e. The minimum atomic E-state index is 0.0991. The van der Waals surface area contributed by atoms with Crippen molar-refractivity contribution in [3.05, 3.63) is 46.2 Å². The SMILES string of the molecule is Cn1cc(CC(CNC(C)(C)C)c2ccccc2Br)nn1. The molecule has 1 atom stereocenters. The van der Waals surface area contributed by atoms with Crippen molar-refractivity contribution in [1.29, 1.82) is 0 Å². The van der Waals surface area contributed by atoms with Crippen LogP contribution in [0.5, 0.6) is 0 Å². The molecule has 4 nitrogen and oxygen atoms in total. The molecular formula is C16H23BrN4. The number of benzene rings is 1. The first-order chi connectivity index (χ1) is 9.85. The lowest BCUT2D eigenvalue weighted by Crippen LogP contribution is -2.39. The second kappa shape index (κ2) is 6.71. The van der Waals surface area contributed by atoms with E-state index in [0.29, 0.717) is 5.92 Å². The second-order valence-corrected chi connectivity index (χ2v) is 7.29. The van der Waals surface area contributed by atoms with E-state index in [1.807, 2.05) is 19.3 Å². The third kappa shape index (κ3) is 4.93. The molecule has 0 fully saturated rings. The van der Waals surface area contributed by atoms with E-state index in [4.69, 9.17) is 0 Å². The van der Waals surface area contributed by atoms with Crippen molar-refractivity contribution >= 4 is 15.9 Å². The van der Waals surface area contributed by atoms with Gasteiger partial charge in [-0.25, -0.2) is 0 Å². The topological polar surface area (TPSA) is 42.7 Å². The molecule has 1 aromatic heterocycles. The van der Waals surface area contributed by atoms with Gasteiger partial charge in [-0.15, -0.1) is 5.10 Å². The summed E-state index contributed by atoms with van der Waals surface area (Å²) < 4.78 is 2.90. The number of halogens is 1. The molecule has 114 valence electrons. The van der Waals surface area contributed by atoms with Gasteiger partial charge >= 0.3 is 0 Å². The van der Waals surface area contributed by atoms with E-state index in [0.717, 1.165) is 23.1 Å². The Bertz CT molecular complexity index is 586. The van der Waals surface area contributed by atoms with Gasteiger partial charge in [0.15, 0.2) is 0 Å². The van der Waals surface area contributed by atoms with Crippen molar-refractivity contribution in [1.82, 2.24) is 20.3 Å². The first kappa shape index (κ1) is 16.2. The quantitative estimate of drug-likeness (QED) is 0.899. The Morgan fingerprint density at radius 2 is 2.00 bits per heavy atom. The molecule has 1 N–H and O–H groups in total. The Labute approximate surface area is 135 Å². The number of aryl methyl sites for hydroxylation is 1. The Hall–Kier alpha value is -1.20. The van der Waals surface area contributed by atoms with Crippen LogP contribution in [-0.2, 0) is 13.5 Å². The molecule has 2 aromatic rings. The Morgan fingerprint density at radius 1 is 1.29 bits per heavy atom. The molecule has 1 aromatic carbocycles. The van der Waals surface area contributed by atoms with Gasteiger partial charge in [-0.1, -0.05) is 39.3 Å². The van der Waals surface area contributed by atoms with Crippen LogP contribution in [0, 0.1) is 0 Å². The summed E-state index contributed by atoms with van der Waals surface area (Å²) in [4.78, 5) is 0. The predicted octanol–water partition coefficient (Wildman–Crippen LogP) is 3.29. The molecule has 0 spiro atoms. The molecule has 0 amide bonds. The highest BCUT2D eigenvalue weighted by molar-refractivity contribution is 9.10. The Kier molecular flexibility index (Phi) is 5.17. The first-order valence-corrected chi connectivity index (χ1v) is 7.99. The summed E-state index contributed by atoms with van der Waals surface area (Å²) in [6.45, 7) is 7.47. The molecular weight excluding hydrogens is 328 g/mol. The lowest BCUT2D eigenvalue weighted by molar-refractivity contribution is 0.404. The fourth-order valence-corrected chi connectivity index (χ4v) is 2.88. The van der Waals surface area contributed by atoms with Gasteiger partial charge < -0.3 is 5.32 Å². The number of rotatable bonds is 5. The summed E-state index contributed by atoms with van der Waals surface area (Å²) in [5, 5.41) is 11.9. The standard InChI is InChI=1S/C16H23BrN4/c1-16(2,3)18-10-12(9-13-11-21(4)20-19-13)14-7-5-6-8-15(14)17/h5-8,11-12,18H,9-10H2,1-4H3. The highest BCUT2D eigenvalue weighted by Gasteiger charge is 2.19. The minimum Gasteiger partial charge on any atom is -0.311 e. The average Bonchev–Trinajstić information content (AvgIpc) is 2.80. The number of hydrogen-bond acceptors (Lipinski definition) is 3. The fourth-order valence-electron chi connectivity index (χ4n) is 2.27. The molecule has 1 heterocycles. The van der Waals surface area contributed by atoms with Crippen molar-refractivity contribution in [3.63, 3.8) is 0 Å². The van der Waals surface area contributed by atoms with Crippen molar-refractivity contribution in [3.8, 4) is 0 Å². The van der Waals surface area contributed by atoms with Gasteiger partial charge in [0.1, 0.15) is 0 Å². The second-order valence-electron chi connectivity index (χ2n) is 6.44. The molecule has 0 saturated heterocycles. The molecule has 1 unspecified atom stereocenters. The summed E-state index contributed by atoms with van der Waals surface area (Å²) in [5.41, 5.74) is 2.43. The van der Waals surface area contributed by atoms with E-state index < -0.39 is 0 Å². The van der Waals surface area contributed by atoms with Crippen LogP contribution in [0.4, 0.5) is 0 Å². The van der Waals surface area contributed by atoms with Crippen molar-refractivity contribution in [2.75, 3.05) is 6.54 Å². The zero-order valence-electron chi connectivity index (χ0n) is 13.1. The molecule has 0 aliphatic rings. The van der Waals surface area contributed by atoms with E-state index in [-0.39, 0.29) is 5.54 Å². The summed E-state index contributed by atoms with van der Waals surface area (Å²) in [7, 11) is 1.90. The van der Waals surface area contributed by atoms with Crippen LogP contribution in [-0.4, -0.2) is 27.1 Å². The predicted molar refractivity (Wildman–Crippen MR) is 89.3 cm³/mol. The number of aromatic nitrogens is 3. The van der Waals surface area contributed by atoms with Crippen LogP contribution in [0.2, 0.25) is 0 Å². The number of nitrogens with zero attached hydrogens (tertiary/aromatic N) is 3. The lowest BCUT2D eigenvalue weighted by atomic mass is 9.93. The smallest absolute Gasteiger partial charge is 0.0833 e. The van der Waals surface area contributed by atoms with Gasteiger partial charge in [-0.3, -0.25) is 4.68 Å². The first-order valence-electron chi connectivity index (χ1n) is 7.20. The number of hydrogen-bond donors (Lipinski definition) is 1. The summed E-state index contributed by atoms with van der Waals surface area (Å²) in [6, 6.07) is 8.40. The van der Waals surface area contributed by atoms with Crippen molar-refractivity contribution < 1.29 is 0 Å². The Balaban J connectivity index is 2.19. The monoisotopic (exact) mass is 350 g/mol. The maximum atomic E-state index is 4.23. The normalized spacial score (nSPS) is 13.4. The highest BCUT2D eigenvalue weighted by Crippen LogP contribution is 2.27. The van der Waals surface area contributed by atoms with Crippen LogP contribution in [0.1, 0.15) is 37.9 Å². The van der Waals surface area contributed by atoms with Gasteiger partial charge in [0, 0.05) is 42.1 Å². The Morgan fingerprint density at radius 3 is 2.57 bits per heavy atom. The molecule has 0 bridgehead atoms. The number of nitrogens with one attached hydrogen (secondary N) is 1. The van der Waals surface area contributed by atoms with Crippen LogP contribution in [0.25, 0.3) is 0 Å². The van der Waals surface area contributed by atoms with E-state index in [1.165, 1.54) is 5.56 Å². The largest absolute Gasteiger partial charge is 0.311 e. The zero-order chi connectivity index (χ0) is 15.5. The van der Waals surface area contributed by atoms with Gasteiger partial charge in [-0.05, 0) is 32.4 Å². The van der Waals surface area contributed by atoms with Crippen LogP contribution in [0.3, 0.4) is 0 Å². The highest BCUT2D eigenvalue weighted by atomic mass is 79.9. The molecule has 0 aliphatic carbocycles. The van der Waals surface area contributed by atoms with E-state index >= 15 is 0 Å². The summed E-state index contributed by atoms with van der Waals surface area (Å²) in [5.74, 6) is 0.358. The third-order valence-electron chi connectivity index (χ3n) is 3.33. The summed E-state index contributed by atoms with van der Waals surface area (Å²) >= 11 is 3.67. The minimum absolute atomic E-state index is 0.0991. The molecule has 0 saturated carbocycles. The third-order valence-corrected chi connectivity index (χ3v) is 4.05. The van der Waals surface area contributed by atoms with Gasteiger partial charge in [0.25, 0.3) is 0 Å². The van der Waals surface area contributed by atoms with Crippen LogP contribution >= 0.6 is 15.9 Å². The summed E-state index contributed by atoms with van der Waals surface area (Å²) in [6.07, 6.45) is 2.86. The van der Waals surface area contributed by atoms with E-state index in [9.17, 15) is 0 Å². The van der Waals surface area contributed by atoms with E-state index in [2.05, 4.69) is 70.5 Å². The van der Waals surface area contributed by atoms with Crippen LogP contribution in [0.15, 0.2) is 34.9 Å². The van der Waals surface area contributed by atoms with Gasteiger partial charge in [0.05, 0.1) is 5.69 Å². The van der Waals surface area contributed by atoms with Crippen LogP contribution < -0.4 is 5.32 Å². The molecule has 5 heteroatoms. The molecule has 0 aliphatic heterocycles. The fraction of sp³-hybridized carbons (Fsp3) is 0.500. The van der Waals surface area contributed by atoms with Crippen molar-refractivity contribution in [2.24, 2.45) is 7.05 Å². The molecule has 2 rings (SSSR count). The lowest BCUT2D eigenvalue weighted by Gasteiger charge is -2.26. The maximum absolute atomic E-state index is 4.23. The van der Waals surface area contributed by atoms with Crippen molar-refractivity contribution in [2.45, 2.75) is 38.6 Å². The average molecular weight is 351 g/mol. The molecule has 0 radical (unpaired) electrons. The van der Waals surface area contributed by atoms with Gasteiger partial charge in [0.2, 0.25) is 0 Å². The van der Waals surface area contributed by atoms with Gasteiger partial charge in [-0.2, -0.15) is 0 Å².